The highest BCUT2D eigenvalue weighted by Crippen LogP contribution is 2.24. The van der Waals surface area contributed by atoms with Crippen molar-refractivity contribution < 1.29 is 14.7 Å². The lowest BCUT2D eigenvalue weighted by atomic mass is 9.85. The first kappa shape index (κ1) is 16.0. The van der Waals surface area contributed by atoms with Crippen molar-refractivity contribution in [3.8, 4) is 0 Å². The maximum Gasteiger partial charge on any atom is 0.306 e. The van der Waals surface area contributed by atoms with Crippen LogP contribution < -0.4 is 10.6 Å². The van der Waals surface area contributed by atoms with Crippen LogP contribution in [0.25, 0.3) is 0 Å². The Hall–Kier alpha value is -1.10. The van der Waals surface area contributed by atoms with Gasteiger partial charge in [0, 0.05) is 11.6 Å². The Bertz CT molecular complexity index is 336. The maximum absolute atomic E-state index is 12.0. The van der Waals surface area contributed by atoms with E-state index >= 15 is 0 Å². The van der Waals surface area contributed by atoms with Crippen LogP contribution in [0.2, 0.25) is 0 Å². The van der Waals surface area contributed by atoms with Gasteiger partial charge in [-0.25, -0.2) is 0 Å². The van der Waals surface area contributed by atoms with Crippen molar-refractivity contribution in [2.45, 2.75) is 71.0 Å². The lowest BCUT2D eigenvalue weighted by Crippen LogP contribution is -2.52. The fraction of sp³-hybridized carbons (Fsp3) is 0.857. The monoisotopic (exact) mass is 270 g/mol. The van der Waals surface area contributed by atoms with E-state index in [2.05, 4.69) is 10.6 Å². The lowest BCUT2D eigenvalue weighted by molar-refractivity contribution is -0.143. The first-order valence-corrected chi connectivity index (χ1v) is 7.00. The number of aliphatic carboxylic acids is 1. The second kappa shape index (κ2) is 6.37. The van der Waals surface area contributed by atoms with Crippen molar-refractivity contribution in [1.29, 1.82) is 0 Å². The number of amides is 1. The van der Waals surface area contributed by atoms with Gasteiger partial charge >= 0.3 is 5.97 Å². The average Bonchev–Trinajstić information content (AvgIpc) is 2.27. The van der Waals surface area contributed by atoms with E-state index in [4.69, 9.17) is 5.11 Å². The van der Waals surface area contributed by atoms with Gasteiger partial charge in [0.15, 0.2) is 0 Å². The minimum absolute atomic E-state index is 0.0371. The summed E-state index contributed by atoms with van der Waals surface area (Å²) in [6.45, 7) is 7.65. The van der Waals surface area contributed by atoms with E-state index in [9.17, 15) is 9.59 Å². The van der Waals surface area contributed by atoms with Crippen molar-refractivity contribution in [2.75, 3.05) is 0 Å². The topological polar surface area (TPSA) is 78.4 Å². The van der Waals surface area contributed by atoms with E-state index in [0.717, 1.165) is 19.3 Å². The van der Waals surface area contributed by atoms with E-state index in [1.54, 1.807) is 0 Å². The summed E-state index contributed by atoms with van der Waals surface area (Å²) in [5, 5.41) is 15.2. The summed E-state index contributed by atoms with van der Waals surface area (Å²) < 4.78 is 0. The standard InChI is InChI=1S/C14H26N2O3/c1-9(12(17)16-14(2,3)4)15-11-7-5-6-10(8-11)13(18)19/h9-11,15H,5-8H2,1-4H3,(H,16,17)(H,18,19). The molecule has 0 aromatic carbocycles. The largest absolute Gasteiger partial charge is 0.481 e. The van der Waals surface area contributed by atoms with Crippen LogP contribution >= 0.6 is 0 Å². The average molecular weight is 270 g/mol. The molecule has 0 spiro atoms. The van der Waals surface area contributed by atoms with Gasteiger partial charge in [-0.05, 0) is 47.0 Å². The Morgan fingerprint density at radius 2 is 1.89 bits per heavy atom. The molecule has 0 aromatic heterocycles. The Morgan fingerprint density at radius 3 is 2.42 bits per heavy atom. The molecule has 0 saturated heterocycles. The molecule has 1 amide bonds. The van der Waals surface area contributed by atoms with Gasteiger partial charge in [0.05, 0.1) is 12.0 Å². The molecule has 19 heavy (non-hydrogen) atoms. The number of carbonyl (C=O) groups is 2. The number of carboxylic acids is 1. The minimum atomic E-state index is -0.724. The molecule has 0 bridgehead atoms. The summed E-state index contributed by atoms with van der Waals surface area (Å²) in [7, 11) is 0. The van der Waals surface area contributed by atoms with Crippen LogP contribution in [0.15, 0.2) is 0 Å². The number of carboxylic acid groups (broad SMARTS) is 1. The second-order valence-electron chi connectivity index (χ2n) is 6.53. The van der Waals surface area contributed by atoms with E-state index in [-0.39, 0.29) is 29.4 Å². The fourth-order valence-electron chi connectivity index (χ4n) is 2.47. The van der Waals surface area contributed by atoms with Gasteiger partial charge in [-0.15, -0.1) is 0 Å². The molecular formula is C14H26N2O3. The number of carbonyl (C=O) groups excluding carboxylic acids is 1. The van der Waals surface area contributed by atoms with Crippen molar-refractivity contribution in [3.63, 3.8) is 0 Å². The molecule has 1 fully saturated rings. The zero-order valence-corrected chi connectivity index (χ0v) is 12.3. The highest BCUT2D eigenvalue weighted by atomic mass is 16.4. The Kier molecular flexibility index (Phi) is 5.35. The molecule has 0 aromatic rings. The molecule has 0 heterocycles. The van der Waals surface area contributed by atoms with Gasteiger partial charge in [0.25, 0.3) is 0 Å². The first-order valence-electron chi connectivity index (χ1n) is 7.00. The van der Waals surface area contributed by atoms with E-state index < -0.39 is 5.97 Å². The lowest BCUT2D eigenvalue weighted by Gasteiger charge is -2.31. The Labute approximate surface area is 115 Å². The maximum atomic E-state index is 12.0. The van der Waals surface area contributed by atoms with Gasteiger partial charge in [0.2, 0.25) is 5.91 Å². The zero-order chi connectivity index (χ0) is 14.6. The molecule has 5 nitrogen and oxygen atoms in total. The molecule has 3 atom stereocenters. The number of hydrogen-bond acceptors (Lipinski definition) is 3. The van der Waals surface area contributed by atoms with Gasteiger partial charge in [-0.1, -0.05) is 6.42 Å². The van der Waals surface area contributed by atoms with E-state index in [0.29, 0.717) is 6.42 Å². The third-order valence-corrected chi connectivity index (χ3v) is 3.40. The molecule has 1 saturated carbocycles. The van der Waals surface area contributed by atoms with E-state index in [1.807, 2.05) is 27.7 Å². The molecule has 1 aliphatic rings. The van der Waals surface area contributed by atoms with Gasteiger partial charge in [0.1, 0.15) is 0 Å². The Balaban J connectivity index is 2.45. The summed E-state index contributed by atoms with van der Waals surface area (Å²) in [6, 6.07) is -0.174. The molecule has 0 radical (unpaired) electrons. The first-order chi connectivity index (χ1) is 8.69. The van der Waals surface area contributed by atoms with Gasteiger partial charge in [-0.3, -0.25) is 9.59 Å². The van der Waals surface area contributed by atoms with E-state index in [1.165, 1.54) is 0 Å². The van der Waals surface area contributed by atoms with Gasteiger partial charge in [-0.2, -0.15) is 0 Å². The van der Waals surface area contributed by atoms with Crippen LogP contribution in [0.4, 0.5) is 0 Å². The Morgan fingerprint density at radius 1 is 1.26 bits per heavy atom. The molecule has 3 unspecified atom stereocenters. The number of hydrogen-bond donors (Lipinski definition) is 3. The molecule has 110 valence electrons. The van der Waals surface area contributed by atoms with Crippen LogP contribution in [0, 0.1) is 5.92 Å². The summed E-state index contributed by atoms with van der Waals surface area (Å²) in [5.74, 6) is -1.03. The molecule has 3 N–H and O–H groups in total. The number of rotatable bonds is 4. The quantitative estimate of drug-likeness (QED) is 0.724. The third-order valence-electron chi connectivity index (χ3n) is 3.40. The third kappa shape index (κ3) is 5.59. The highest BCUT2D eigenvalue weighted by molar-refractivity contribution is 5.82. The van der Waals surface area contributed by atoms with Crippen LogP contribution in [0.3, 0.4) is 0 Å². The highest BCUT2D eigenvalue weighted by Gasteiger charge is 2.29. The zero-order valence-electron chi connectivity index (χ0n) is 12.3. The van der Waals surface area contributed by atoms with Crippen LogP contribution in [0.5, 0.6) is 0 Å². The van der Waals surface area contributed by atoms with Crippen molar-refractivity contribution in [1.82, 2.24) is 10.6 Å². The molecule has 1 rings (SSSR count). The molecule has 0 aliphatic heterocycles. The number of nitrogens with one attached hydrogen (secondary N) is 2. The predicted molar refractivity (Wildman–Crippen MR) is 73.9 cm³/mol. The molecular weight excluding hydrogens is 244 g/mol. The minimum Gasteiger partial charge on any atom is -0.481 e. The second-order valence-corrected chi connectivity index (χ2v) is 6.53. The van der Waals surface area contributed by atoms with Gasteiger partial charge < -0.3 is 15.7 Å². The van der Waals surface area contributed by atoms with Crippen molar-refractivity contribution in [3.05, 3.63) is 0 Å². The van der Waals surface area contributed by atoms with Crippen LogP contribution in [-0.2, 0) is 9.59 Å². The summed E-state index contributed by atoms with van der Waals surface area (Å²) >= 11 is 0. The molecule has 1 aliphatic carbocycles. The van der Waals surface area contributed by atoms with Crippen molar-refractivity contribution in [2.24, 2.45) is 5.92 Å². The fourth-order valence-corrected chi connectivity index (χ4v) is 2.47. The predicted octanol–water partition coefficient (Wildman–Crippen LogP) is 1.52. The summed E-state index contributed by atoms with van der Waals surface area (Å²) in [6.07, 6.45) is 3.21. The van der Waals surface area contributed by atoms with Crippen LogP contribution in [-0.4, -0.2) is 34.6 Å². The van der Waals surface area contributed by atoms with Crippen molar-refractivity contribution >= 4 is 11.9 Å². The molecule has 5 heteroatoms. The SMILES string of the molecule is CC(NC1CCCC(C(=O)O)C1)C(=O)NC(C)(C)C. The smallest absolute Gasteiger partial charge is 0.306 e. The normalized spacial score (nSPS) is 25.7. The summed E-state index contributed by atoms with van der Waals surface area (Å²) in [5.41, 5.74) is -0.247. The van der Waals surface area contributed by atoms with Crippen LogP contribution in [0.1, 0.15) is 53.4 Å². The summed E-state index contributed by atoms with van der Waals surface area (Å²) in [4.78, 5) is 23.0.